The predicted molar refractivity (Wildman–Crippen MR) is 75.0 cm³/mol. The maximum Gasteiger partial charge on any atom is 0.236 e. The van der Waals surface area contributed by atoms with Crippen molar-refractivity contribution in [2.45, 2.75) is 18.9 Å². The van der Waals surface area contributed by atoms with Crippen LogP contribution in [0, 0.1) is 0 Å². The van der Waals surface area contributed by atoms with E-state index in [-0.39, 0.29) is 24.4 Å². The summed E-state index contributed by atoms with van der Waals surface area (Å²) in [4.78, 5) is 18.6. The average Bonchev–Trinajstić information content (AvgIpc) is 2.32. The molecule has 2 saturated heterocycles. The highest BCUT2D eigenvalue weighted by Crippen LogP contribution is 2.09. The number of piperazine rings is 1. The van der Waals surface area contributed by atoms with Crippen LogP contribution in [0.4, 0.5) is 0 Å². The standard InChI is InChI=1S/C12H24N4O.ClH/c1-14-5-7-15(8-6-14)10-12(17)16-4-2-3-11(13)9-16;/h11H,2-10,13H2,1H3;1H. The Hall–Kier alpha value is -0.360. The summed E-state index contributed by atoms with van der Waals surface area (Å²) in [5, 5.41) is 0. The van der Waals surface area contributed by atoms with Gasteiger partial charge in [0.2, 0.25) is 5.91 Å². The molecule has 5 nitrogen and oxygen atoms in total. The van der Waals surface area contributed by atoms with E-state index in [9.17, 15) is 4.79 Å². The summed E-state index contributed by atoms with van der Waals surface area (Å²) in [5.41, 5.74) is 5.90. The molecular formula is C12H25ClN4O. The minimum absolute atomic E-state index is 0. The first-order valence-corrected chi connectivity index (χ1v) is 6.59. The van der Waals surface area contributed by atoms with Gasteiger partial charge in [0.1, 0.15) is 0 Å². The van der Waals surface area contributed by atoms with Crippen LogP contribution >= 0.6 is 12.4 Å². The highest BCUT2D eigenvalue weighted by molar-refractivity contribution is 5.85. The molecular weight excluding hydrogens is 252 g/mol. The zero-order chi connectivity index (χ0) is 12.3. The van der Waals surface area contributed by atoms with Crippen molar-refractivity contribution in [3.05, 3.63) is 0 Å². The van der Waals surface area contributed by atoms with Crippen LogP contribution in [0.15, 0.2) is 0 Å². The van der Waals surface area contributed by atoms with Crippen molar-refractivity contribution in [3.8, 4) is 0 Å². The topological polar surface area (TPSA) is 52.8 Å². The van der Waals surface area contributed by atoms with Gasteiger partial charge in [-0.2, -0.15) is 0 Å². The first kappa shape index (κ1) is 15.7. The smallest absolute Gasteiger partial charge is 0.236 e. The van der Waals surface area contributed by atoms with Gasteiger partial charge in [-0.15, -0.1) is 12.4 Å². The molecule has 0 spiro atoms. The Morgan fingerprint density at radius 2 is 1.89 bits per heavy atom. The second-order valence-corrected chi connectivity index (χ2v) is 5.32. The number of hydrogen-bond donors (Lipinski definition) is 1. The van der Waals surface area contributed by atoms with Crippen LogP contribution < -0.4 is 5.73 Å². The Bertz CT molecular complexity index is 269. The van der Waals surface area contributed by atoms with Gasteiger partial charge in [-0.05, 0) is 19.9 Å². The summed E-state index contributed by atoms with van der Waals surface area (Å²) < 4.78 is 0. The van der Waals surface area contributed by atoms with Crippen molar-refractivity contribution in [2.75, 3.05) is 52.9 Å². The summed E-state index contributed by atoms with van der Waals surface area (Å²) in [6, 6.07) is 0.181. The third-order valence-electron chi connectivity index (χ3n) is 3.77. The van der Waals surface area contributed by atoms with Gasteiger partial charge in [-0.25, -0.2) is 0 Å². The zero-order valence-electron chi connectivity index (χ0n) is 11.2. The van der Waals surface area contributed by atoms with Crippen molar-refractivity contribution < 1.29 is 4.79 Å². The summed E-state index contributed by atoms with van der Waals surface area (Å²) >= 11 is 0. The Balaban J connectivity index is 0.00000162. The molecule has 1 unspecified atom stereocenters. The van der Waals surface area contributed by atoms with Crippen molar-refractivity contribution >= 4 is 18.3 Å². The summed E-state index contributed by atoms with van der Waals surface area (Å²) in [5.74, 6) is 0.254. The lowest BCUT2D eigenvalue weighted by molar-refractivity contribution is -0.134. The molecule has 2 heterocycles. The third kappa shape index (κ3) is 4.39. The minimum atomic E-state index is 0. The molecule has 2 fully saturated rings. The number of nitrogens with two attached hydrogens (primary N) is 1. The third-order valence-corrected chi connectivity index (χ3v) is 3.77. The maximum atomic E-state index is 12.1. The van der Waals surface area contributed by atoms with Gasteiger partial charge < -0.3 is 15.5 Å². The number of likely N-dealkylation sites (N-methyl/N-ethyl adjacent to an activating group) is 1. The second kappa shape index (κ2) is 7.28. The Morgan fingerprint density at radius 3 is 2.50 bits per heavy atom. The molecule has 0 radical (unpaired) electrons. The van der Waals surface area contributed by atoms with E-state index < -0.39 is 0 Å². The molecule has 0 aliphatic carbocycles. The van der Waals surface area contributed by atoms with Crippen molar-refractivity contribution in [1.82, 2.24) is 14.7 Å². The summed E-state index contributed by atoms with van der Waals surface area (Å²) in [6.45, 7) is 6.33. The fourth-order valence-corrected chi connectivity index (χ4v) is 2.53. The van der Waals surface area contributed by atoms with E-state index in [0.717, 1.165) is 52.1 Å². The molecule has 2 N–H and O–H groups in total. The number of likely N-dealkylation sites (tertiary alicyclic amines) is 1. The van der Waals surface area contributed by atoms with E-state index in [1.807, 2.05) is 4.90 Å². The molecule has 2 rings (SSSR count). The quantitative estimate of drug-likeness (QED) is 0.746. The molecule has 1 amide bonds. The fourth-order valence-electron chi connectivity index (χ4n) is 2.53. The zero-order valence-corrected chi connectivity index (χ0v) is 12.0. The molecule has 18 heavy (non-hydrogen) atoms. The number of nitrogens with zero attached hydrogens (tertiary/aromatic N) is 3. The van der Waals surface area contributed by atoms with Gasteiger partial charge in [0.25, 0.3) is 0 Å². The minimum Gasteiger partial charge on any atom is -0.340 e. The average molecular weight is 277 g/mol. The van der Waals surface area contributed by atoms with Crippen LogP contribution in [0.2, 0.25) is 0 Å². The highest BCUT2D eigenvalue weighted by atomic mass is 35.5. The molecule has 2 aliphatic rings. The molecule has 6 heteroatoms. The maximum absolute atomic E-state index is 12.1. The van der Waals surface area contributed by atoms with Crippen LogP contribution in [0.1, 0.15) is 12.8 Å². The number of carbonyl (C=O) groups excluding carboxylic acids is 1. The first-order chi connectivity index (χ1) is 8.15. The number of piperidine rings is 1. The lowest BCUT2D eigenvalue weighted by Crippen LogP contribution is -2.52. The molecule has 2 aliphatic heterocycles. The molecule has 1 atom stereocenters. The van der Waals surface area contributed by atoms with E-state index >= 15 is 0 Å². The largest absolute Gasteiger partial charge is 0.340 e. The van der Waals surface area contributed by atoms with Gasteiger partial charge in [-0.3, -0.25) is 9.69 Å². The van der Waals surface area contributed by atoms with Crippen LogP contribution in [0.25, 0.3) is 0 Å². The molecule has 0 bridgehead atoms. The Morgan fingerprint density at radius 1 is 1.22 bits per heavy atom. The van der Waals surface area contributed by atoms with Gasteiger partial charge >= 0.3 is 0 Å². The van der Waals surface area contributed by atoms with Crippen LogP contribution in [0.5, 0.6) is 0 Å². The van der Waals surface area contributed by atoms with E-state index in [0.29, 0.717) is 6.54 Å². The molecule has 106 valence electrons. The van der Waals surface area contributed by atoms with Crippen molar-refractivity contribution in [2.24, 2.45) is 5.73 Å². The second-order valence-electron chi connectivity index (χ2n) is 5.32. The van der Waals surface area contributed by atoms with Gasteiger partial charge in [-0.1, -0.05) is 0 Å². The predicted octanol–water partition coefficient (Wildman–Crippen LogP) is -0.395. The van der Waals surface area contributed by atoms with E-state index in [2.05, 4.69) is 16.8 Å². The van der Waals surface area contributed by atoms with Gasteiger partial charge in [0.05, 0.1) is 6.54 Å². The van der Waals surface area contributed by atoms with Crippen molar-refractivity contribution in [3.63, 3.8) is 0 Å². The molecule has 0 saturated carbocycles. The summed E-state index contributed by atoms with van der Waals surface area (Å²) in [6.07, 6.45) is 2.11. The van der Waals surface area contributed by atoms with Crippen molar-refractivity contribution in [1.29, 1.82) is 0 Å². The van der Waals surface area contributed by atoms with E-state index in [1.165, 1.54) is 0 Å². The van der Waals surface area contributed by atoms with E-state index in [1.54, 1.807) is 0 Å². The Labute approximate surface area is 116 Å². The van der Waals surface area contributed by atoms with Crippen LogP contribution in [0.3, 0.4) is 0 Å². The SMILES string of the molecule is CN1CCN(CC(=O)N2CCCC(N)C2)CC1.Cl. The molecule has 0 aromatic heterocycles. The molecule has 0 aromatic carbocycles. The van der Waals surface area contributed by atoms with Crippen LogP contribution in [-0.2, 0) is 4.79 Å². The lowest BCUT2D eigenvalue weighted by atomic mass is 10.1. The van der Waals surface area contributed by atoms with E-state index in [4.69, 9.17) is 5.73 Å². The number of amides is 1. The highest BCUT2D eigenvalue weighted by Gasteiger charge is 2.23. The number of hydrogen-bond acceptors (Lipinski definition) is 4. The van der Waals surface area contributed by atoms with Crippen LogP contribution in [-0.4, -0.2) is 79.5 Å². The molecule has 0 aromatic rings. The number of rotatable bonds is 2. The Kier molecular flexibility index (Phi) is 6.35. The number of carbonyl (C=O) groups is 1. The normalized spacial score (nSPS) is 26.8. The summed E-state index contributed by atoms with van der Waals surface area (Å²) in [7, 11) is 2.13. The first-order valence-electron chi connectivity index (χ1n) is 6.59. The fraction of sp³-hybridized carbons (Fsp3) is 0.917. The number of halogens is 1. The van der Waals surface area contributed by atoms with Gasteiger partial charge in [0, 0.05) is 45.3 Å². The monoisotopic (exact) mass is 276 g/mol. The lowest BCUT2D eigenvalue weighted by Gasteiger charge is -2.35. The van der Waals surface area contributed by atoms with Gasteiger partial charge in [0.15, 0.2) is 0 Å².